The highest BCUT2D eigenvalue weighted by molar-refractivity contribution is 5.89. The second-order valence-corrected chi connectivity index (χ2v) is 3.67. The van der Waals surface area contributed by atoms with Crippen LogP contribution < -0.4 is 10.6 Å². The van der Waals surface area contributed by atoms with Crippen LogP contribution in [0.15, 0.2) is 42.7 Å². The number of anilines is 1. The third-order valence-corrected chi connectivity index (χ3v) is 2.21. The maximum atomic E-state index is 11.5. The van der Waals surface area contributed by atoms with Gasteiger partial charge in [-0.15, -0.1) is 5.73 Å². The SMILES string of the molecule is C=C=CCOCCNC(=O)Nc1ccc([N+](=O)[O-])cc1. The van der Waals surface area contributed by atoms with Gasteiger partial charge in [0.1, 0.15) is 0 Å². The van der Waals surface area contributed by atoms with E-state index in [2.05, 4.69) is 22.9 Å². The predicted octanol–water partition coefficient (Wildman–Crippen LogP) is 2.07. The van der Waals surface area contributed by atoms with Gasteiger partial charge in [-0.3, -0.25) is 10.1 Å². The number of benzene rings is 1. The molecule has 0 radical (unpaired) electrons. The number of non-ortho nitro benzene ring substituents is 1. The molecule has 0 fully saturated rings. The number of rotatable bonds is 7. The van der Waals surface area contributed by atoms with E-state index in [0.29, 0.717) is 25.4 Å². The standard InChI is InChI=1S/C13H15N3O4/c1-2-3-9-20-10-8-14-13(17)15-11-4-6-12(7-5-11)16(18)19/h3-7H,1,8-10H2,(H2,14,15,17). The number of nitro benzene ring substituents is 1. The summed E-state index contributed by atoms with van der Waals surface area (Å²) in [5.41, 5.74) is 3.01. The molecule has 0 spiro atoms. The van der Waals surface area contributed by atoms with E-state index in [-0.39, 0.29) is 5.69 Å². The lowest BCUT2D eigenvalue weighted by molar-refractivity contribution is -0.384. The zero-order valence-corrected chi connectivity index (χ0v) is 10.8. The first-order valence-corrected chi connectivity index (χ1v) is 5.85. The molecule has 2 amide bonds. The Balaban J connectivity index is 2.28. The summed E-state index contributed by atoms with van der Waals surface area (Å²) in [7, 11) is 0. The van der Waals surface area contributed by atoms with Gasteiger partial charge in [0.2, 0.25) is 0 Å². The Bertz CT molecular complexity index is 507. The van der Waals surface area contributed by atoms with E-state index >= 15 is 0 Å². The van der Waals surface area contributed by atoms with Crippen LogP contribution in [0.3, 0.4) is 0 Å². The fraction of sp³-hybridized carbons (Fsp3) is 0.231. The Morgan fingerprint density at radius 2 is 2.15 bits per heavy atom. The molecule has 7 nitrogen and oxygen atoms in total. The van der Waals surface area contributed by atoms with Gasteiger partial charge in [-0.1, -0.05) is 6.58 Å². The molecular formula is C13H15N3O4. The van der Waals surface area contributed by atoms with Gasteiger partial charge in [0.05, 0.1) is 18.1 Å². The lowest BCUT2D eigenvalue weighted by Crippen LogP contribution is -2.31. The van der Waals surface area contributed by atoms with Crippen molar-refractivity contribution in [2.45, 2.75) is 0 Å². The van der Waals surface area contributed by atoms with E-state index in [9.17, 15) is 14.9 Å². The molecule has 0 atom stereocenters. The molecule has 0 bridgehead atoms. The van der Waals surface area contributed by atoms with Crippen LogP contribution >= 0.6 is 0 Å². The Hall–Kier alpha value is -2.63. The Labute approximate surface area is 116 Å². The summed E-state index contributed by atoms with van der Waals surface area (Å²) in [6.45, 7) is 4.50. The molecule has 20 heavy (non-hydrogen) atoms. The van der Waals surface area contributed by atoms with Crippen LogP contribution in [-0.4, -0.2) is 30.7 Å². The number of hydrogen-bond donors (Lipinski definition) is 2. The maximum Gasteiger partial charge on any atom is 0.319 e. The van der Waals surface area contributed by atoms with Crippen LogP contribution in [0.25, 0.3) is 0 Å². The third-order valence-electron chi connectivity index (χ3n) is 2.21. The molecule has 0 saturated heterocycles. The number of amides is 2. The second-order valence-electron chi connectivity index (χ2n) is 3.67. The molecule has 0 aromatic heterocycles. The fourth-order valence-corrected chi connectivity index (χ4v) is 1.28. The first kappa shape index (κ1) is 15.4. The molecule has 0 saturated carbocycles. The summed E-state index contributed by atoms with van der Waals surface area (Å²) in [5, 5.41) is 15.6. The van der Waals surface area contributed by atoms with Crippen molar-refractivity contribution >= 4 is 17.4 Å². The van der Waals surface area contributed by atoms with E-state index in [1.165, 1.54) is 24.3 Å². The molecule has 7 heteroatoms. The topological polar surface area (TPSA) is 93.5 Å². The lowest BCUT2D eigenvalue weighted by Gasteiger charge is -2.07. The van der Waals surface area contributed by atoms with Crippen molar-refractivity contribution in [1.29, 1.82) is 0 Å². The Kier molecular flexibility index (Phi) is 6.53. The summed E-state index contributed by atoms with van der Waals surface area (Å²) in [5.74, 6) is 0. The van der Waals surface area contributed by atoms with Gasteiger partial charge in [0.25, 0.3) is 5.69 Å². The molecule has 0 heterocycles. The molecule has 1 rings (SSSR count). The monoisotopic (exact) mass is 277 g/mol. The molecule has 0 aliphatic heterocycles. The average molecular weight is 277 g/mol. The van der Waals surface area contributed by atoms with Crippen LogP contribution in [-0.2, 0) is 4.74 Å². The van der Waals surface area contributed by atoms with Crippen LogP contribution in [0.2, 0.25) is 0 Å². The zero-order valence-electron chi connectivity index (χ0n) is 10.8. The molecule has 0 unspecified atom stereocenters. The summed E-state index contributed by atoms with van der Waals surface area (Å²) in [4.78, 5) is 21.4. The maximum absolute atomic E-state index is 11.5. The number of nitrogens with zero attached hydrogens (tertiary/aromatic N) is 1. The third kappa shape index (κ3) is 5.81. The number of nitrogens with one attached hydrogen (secondary N) is 2. The highest BCUT2D eigenvalue weighted by Crippen LogP contribution is 2.14. The van der Waals surface area contributed by atoms with Gasteiger partial charge in [-0.25, -0.2) is 4.79 Å². The van der Waals surface area contributed by atoms with Crippen LogP contribution in [0.4, 0.5) is 16.2 Å². The summed E-state index contributed by atoms with van der Waals surface area (Å²) in [6.07, 6.45) is 1.64. The normalized spacial score (nSPS) is 9.40. The number of ether oxygens (including phenoxy) is 1. The lowest BCUT2D eigenvalue weighted by atomic mass is 10.3. The van der Waals surface area contributed by atoms with Gasteiger partial charge in [0, 0.05) is 24.4 Å². The fourth-order valence-electron chi connectivity index (χ4n) is 1.28. The molecule has 106 valence electrons. The van der Waals surface area contributed by atoms with Gasteiger partial charge in [-0.2, -0.15) is 0 Å². The van der Waals surface area contributed by atoms with Crippen molar-refractivity contribution in [2.24, 2.45) is 0 Å². The first-order valence-electron chi connectivity index (χ1n) is 5.85. The molecule has 1 aromatic rings. The number of carbonyl (C=O) groups excluding carboxylic acids is 1. The number of carbonyl (C=O) groups is 1. The molecule has 0 aliphatic carbocycles. The minimum Gasteiger partial charge on any atom is -0.375 e. The van der Waals surface area contributed by atoms with Crippen LogP contribution in [0, 0.1) is 10.1 Å². The minimum absolute atomic E-state index is 0.0281. The van der Waals surface area contributed by atoms with Crippen molar-refractivity contribution < 1.29 is 14.5 Å². The van der Waals surface area contributed by atoms with Crippen molar-refractivity contribution in [3.63, 3.8) is 0 Å². The largest absolute Gasteiger partial charge is 0.375 e. The van der Waals surface area contributed by atoms with E-state index in [4.69, 9.17) is 4.74 Å². The molecular weight excluding hydrogens is 262 g/mol. The van der Waals surface area contributed by atoms with Crippen LogP contribution in [0.5, 0.6) is 0 Å². The number of nitro groups is 1. The highest BCUT2D eigenvalue weighted by Gasteiger charge is 2.05. The van der Waals surface area contributed by atoms with E-state index in [1.54, 1.807) is 6.08 Å². The number of hydrogen-bond acceptors (Lipinski definition) is 4. The quantitative estimate of drug-likeness (QED) is 0.345. The second kappa shape index (κ2) is 8.47. The number of urea groups is 1. The summed E-state index contributed by atoms with van der Waals surface area (Å²) in [6, 6.07) is 5.16. The van der Waals surface area contributed by atoms with Crippen molar-refractivity contribution in [3.05, 3.63) is 52.8 Å². The molecule has 0 aliphatic rings. The Morgan fingerprint density at radius 3 is 2.75 bits per heavy atom. The molecule has 2 N–H and O–H groups in total. The first-order chi connectivity index (χ1) is 9.63. The summed E-state index contributed by atoms with van der Waals surface area (Å²) < 4.78 is 5.14. The average Bonchev–Trinajstić information content (AvgIpc) is 2.43. The highest BCUT2D eigenvalue weighted by atomic mass is 16.6. The van der Waals surface area contributed by atoms with Gasteiger partial charge >= 0.3 is 6.03 Å². The van der Waals surface area contributed by atoms with Crippen LogP contribution in [0.1, 0.15) is 0 Å². The summed E-state index contributed by atoms with van der Waals surface area (Å²) >= 11 is 0. The van der Waals surface area contributed by atoms with E-state index < -0.39 is 11.0 Å². The minimum atomic E-state index is -0.501. The van der Waals surface area contributed by atoms with Crippen molar-refractivity contribution in [3.8, 4) is 0 Å². The van der Waals surface area contributed by atoms with Gasteiger partial charge < -0.3 is 15.4 Å². The van der Waals surface area contributed by atoms with Crippen molar-refractivity contribution in [2.75, 3.05) is 25.1 Å². The van der Waals surface area contributed by atoms with E-state index in [0.717, 1.165) is 0 Å². The zero-order chi connectivity index (χ0) is 14.8. The van der Waals surface area contributed by atoms with Gasteiger partial charge in [-0.05, 0) is 18.2 Å². The van der Waals surface area contributed by atoms with Crippen molar-refractivity contribution in [1.82, 2.24) is 5.32 Å². The smallest absolute Gasteiger partial charge is 0.319 e. The molecule has 1 aromatic carbocycles. The van der Waals surface area contributed by atoms with E-state index in [1.807, 2.05) is 0 Å². The van der Waals surface area contributed by atoms with Gasteiger partial charge in [0.15, 0.2) is 0 Å². The predicted molar refractivity (Wildman–Crippen MR) is 74.6 cm³/mol. The Morgan fingerprint density at radius 1 is 1.45 bits per heavy atom.